The van der Waals surface area contributed by atoms with Crippen molar-refractivity contribution in [3.63, 3.8) is 0 Å². The molecule has 2 aromatic rings. The second kappa shape index (κ2) is 3.91. The van der Waals surface area contributed by atoms with Crippen LogP contribution in [0.4, 0.5) is 0 Å². The fraction of sp³-hybridized carbons (Fsp3) is 0.111. The Bertz CT molecular complexity index is 484. The highest BCUT2D eigenvalue weighted by Gasteiger charge is 2.33. The van der Waals surface area contributed by atoms with E-state index in [9.17, 15) is 4.79 Å². The monoisotopic (exact) mass is 279 g/mol. The van der Waals surface area contributed by atoms with Crippen molar-refractivity contribution in [1.82, 2.24) is 4.98 Å². The normalized spacial score (nSPS) is 11.9. The van der Waals surface area contributed by atoms with Crippen molar-refractivity contribution < 1.29 is 4.79 Å². The van der Waals surface area contributed by atoms with Gasteiger partial charge in [0, 0.05) is 0 Å². The second-order valence-corrected chi connectivity index (χ2v) is 6.13. The van der Waals surface area contributed by atoms with Crippen molar-refractivity contribution >= 4 is 62.1 Å². The van der Waals surface area contributed by atoms with Gasteiger partial charge in [-0.25, -0.2) is 4.98 Å². The highest BCUT2D eigenvalue weighted by Crippen LogP contribution is 2.33. The fourth-order valence-corrected chi connectivity index (χ4v) is 2.49. The maximum absolute atomic E-state index is 11.6. The molecule has 0 amide bonds. The number of para-hydroxylation sites is 1. The van der Waals surface area contributed by atoms with Gasteiger partial charge in [0.1, 0.15) is 0 Å². The van der Waals surface area contributed by atoms with Gasteiger partial charge >= 0.3 is 0 Å². The van der Waals surface area contributed by atoms with Crippen molar-refractivity contribution in [3.05, 3.63) is 29.3 Å². The first-order valence-electron chi connectivity index (χ1n) is 3.95. The molecule has 6 heteroatoms. The molecular formula is C9H4Cl3NOS. The van der Waals surface area contributed by atoms with E-state index in [1.807, 2.05) is 18.2 Å². The number of hydrogen-bond acceptors (Lipinski definition) is 3. The number of aromatic nitrogens is 1. The highest BCUT2D eigenvalue weighted by molar-refractivity contribution is 7.20. The molecule has 0 saturated carbocycles. The van der Waals surface area contributed by atoms with Crippen LogP contribution in [0, 0.1) is 0 Å². The zero-order chi connectivity index (χ0) is 11.1. The average Bonchev–Trinajstić information content (AvgIpc) is 2.58. The standard InChI is InChI=1S/C9H4Cl3NOS/c10-9(11,12)7(14)8-13-5-3-1-2-4-6(5)15-8/h1-4H. The van der Waals surface area contributed by atoms with Crippen LogP contribution < -0.4 is 0 Å². The van der Waals surface area contributed by atoms with Crippen LogP contribution in [-0.2, 0) is 0 Å². The number of nitrogens with zero attached hydrogens (tertiary/aromatic N) is 1. The molecule has 0 aliphatic rings. The molecular weight excluding hydrogens is 277 g/mol. The Hall–Kier alpha value is -0.350. The number of thiazole rings is 1. The van der Waals surface area contributed by atoms with E-state index < -0.39 is 9.58 Å². The van der Waals surface area contributed by atoms with Crippen LogP contribution >= 0.6 is 46.1 Å². The lowest BCUT2D eigenvalue weighted by Gasteiger charge is -2.04. The molecule has 78 valence electrons. The minimum Gasteiger partial charge on any atom is -0.287 e. The van der Waals surface area contributed by atoms with Gasteiger partial charge < -0.3 is 0 Å². The summed E-state index contributed by atoms with van der Waals surface area (Å²) in [6.45, 7) is 0. The van der Waals surface area contributed by atoms with Gasteiger partial charge in [-0.15, -0.1) is 11.3 Å². The van der Waals surface area contributed by atoms with Gasteiger partial charge in [0.25, 0.3) is 3.79 Å². The largest absolute Gasteiger partial charge is 0.287 e. The quantitative estimate of drug-likeness (QED) is 0.586. The summed E-state index contributed by atoms with van der Waals surface area (Å²) in [7, 11) is 0. The molecule has 0 atom stereocenters. The average molecular weight is 281 g/mol. The van der Waals surface area contributed by atoms with Gasteiger partial charge in [0.05, 0.1) is 10.2 Å². The van der Waals surface area contributed by atoms with E-state index in [-0.39, 0.29) is 5.01 Å². The van der Waals surface area contributed by atoms with Crippen molar-refractivity contribution in [2.45, 2.75) is 3.79 Å². The molecule has 1 heterocycles. The Kier molecular flexibility index (Phi) is 2.90. The number of Topliss-reactive ketones (excluding diaryl/α,β-unsaturated/α-hetero) is 1. The SMILES string of the molecule is O=C(c1nc2ccccc2s1)C(Cl)(Cl)Cl. The Balaban J connectivity index is 2.50. The summed E-state index contributed by atoms with van der Waals surface area (Å²) in [6.07, 6.45) is 0. The molecule has 0 fully saturated rings. The molecule has 1 aromatic carbocycles. The first-order valence-corrected chi connectivity index (χ1v) is 5.90. The van der Waals surface area contributed by atoms with Gasteiger partial charge in [-0.3, -0.25) is 4.79 Å². The van der Waals surface area contributed by atoms with Gasteiger partial charge in [0.15, 0.2) is 5.01 Å². The fourth-order valence-electron chi connectivity index (χ4n) is 1.09. The first kappa shape index (κ1) is 11.1. The third-order valence-electron chi connectivity index (χ3n) is 1.75. The topological polar surface area (TPSA) is 30.0 Å². The van der Waals surface area contributed by atoms with Gasteiger partial charge in [-0.2, -0.15) is 0 Å². The number of ketones is 1. The number of rotatable bonds is 1. The Morgan fingerprint density at radius 3 is 2.53 bits per heavy atom. The van der Waals surface area contributed by atoms with Crippen molar-refractivity contribution in [3.8, 4) is 0 Å². The van der Waals surface area contributed by atoms with E-state index in [1.54, 1.807) is 6.07 Å². The van der Waals surface area contributed by atoms with E-state index in [1.165, 1.54) is 11.3 Å². The summed E-state index contributed by atoms with van der Waals surface area (Å²) in [5, 5.41) is 0.219. The number of carbonyl (C=O) groups excluding carboxylic acids is 1. The molecule has 0 radical (unpaired) electrons. The zero-order valence-electron chi connectivity index (χ0n) is 7.21. The summed E-state index contributed by atoms with van der Waals surface area (Å²) >= 11 is 17.7. The summed E-state index contributed by atoms with van der Waals surface area (Å²) in [6, 6.07) is 7.37. The predicted molar refractivity (Wildman–Crippen MR) is 64.2 cm³/mol. The lowest BCUT2D eigenvalue weighted by atomic mass is 10.3. The molecule has 0 N–H and O–H groups in total. The maximum Gasteiger partial charge on any atom is 0.255 e. The van der Waals surface area contributed by atoms with Crippen LogP contribution in [0.1, 0.15) is 9.80 Å². The molecule has 2 nitrogen and oxygen atoms in total. The third kappa shape index (κ3) is 2.26. The molecule has 2 rings (SSSR count). The Morgan fingerprint density at radius 2 is 1.93 bits per heavy atom. The molecule has 15 heavy (non-hydrogen) atoms. The highest BCUT2D eigenvalue weighted by atomic mass is 35.6. The number of carbonyl (C=O) groups is 1. The molecule has 0 spiro atoms. The minimum absolute atomic E-state index is 0.219. The molecule has 0 aliphatic carbocycles. The molecule has 0 saturated heterocycles. The number of benzene rings is 1. The van der Waals surface area contributed by atoms with Crippen molar-refractivity contribution in [2.24, 2.45) is 0 Å². The van der Waals surface area contributed by atoms with Crippen LogP contribution in [0.5, 0.6) is 0 Å². The molecule has 0 unspecified atom stereocenters. The van der Waals surface area contributed by atoms with Gasteiger partial charge in [0.2, 0.25) is 5.78 Å². The molecule has 0 aliphatic heterocycles. The summed E-state index contributed by atoms with van der Waals surface area (Å²) < 4.78 is -1.04. The van der Waals surface area contributed by atoms with Gasteiger partial charge in [-0.05, 0) is 12.1 Å². The van der Waals surface area contributed by atoms with Crippen molar-refractivity contribution in [1.29, 1.82) is 0 Å². The van der Waals surface area contributed by atoms with Gasteiger partial charge in [-0.1, -0.05) is 46.9 Å². The van der Waals surface area contributed by atoms with E-state index in [2.05, 4.69) is 4.98 Å². The molecule has 1 aromatic heterocycles. The second-order valence-electron chi connectivity index (χ2n) is 2.81. The van der Waals surface area contributed by atoms with Crippen LogP contribution in [-0.4, -0.2) is 14.6 Å². The summed E-state index contributed by atoms with van der Waals surface area (Å²) in [5.74, 6) is -0.589. The van der Waals surface area contributed by atoms with Crippen LogP contribution in [0.25, 0.3) is 10.2 Å². The van der Waals surface area contributed by atoms with Crippen molar-refractivity contribution in [2.75, 3.05) is 0 Å². The van der Waals surface area contributed by atoms with E-state index in [0.717, 1.165) is 10.2 Å². The summed E-state index contributed by atoms with van der Waals surface area (Å²) in [5.41, 5.74) is 0.736. The zero-order valence-corrected chi connectivity index (χ0v) is 10.3. The van der Waals surface area contributed by atoms with E-state index >= 15 is 0 Å². The Labute approximate surface area is 105 Å². The third-order valence-corrected chi connectivity index (χ3v) is 3.30. The first-order chi connectivity index (χ1) is 6.98. The predicted octanol–water partition coefficient (Wildman–Crippen LogP) is 3.85. The number of halogens is 3. The van der Waals surface area contributed by atoms with Crippen LogP contribution in [0.15, 0.2) is 24.3 Å². The van der Waals surface area contributed by atoms with E-state index in [0.29, 0.717) is 0 Å². The lowest BCUT2D eigenvalue weighted by Crippen LogP contribution is -2.18. The Morgan fingerprint density at radius 1 is 1.27 bits per heavy atom. The number of alkyl halides is 3. The minimum atomic E-state index is -1.94. The lowest BCUT2D eigenvalue weighted by molar-refractivity contribution is 0.0996. The van der Waals surface area contributed by atoms with Crippen LogP contribution in [0.3, 0.4) is 0 Å². The maximum atomic E-state index is 11.6. The number of hydrogen-bond donors (Lipinski definition) is 0. The number of fused-ring (bicyclic) bond motifs is 1. The van der Waals surface area contributed by atoms with Crippen LogP contribution in [0.2, 0.25) is 0 Å². The van der Waals surface area contributed by atoms with E-state index in [4.69, 9.17) is 34.8 Å². The molecule has 0 bridgehead atoms. The summed E-state index contributed by atoms with van der Waals surface area (Å²) in [4.78, 5) is 15.7. The smallest absolute Gasteiger partial charge is 0.255 e.